The van der Waals surface area contributed by atoms with Gasteiger partial charge < -0.3 is 10.1 Å². The molecule has 0 spiro atoms. The summed E-state index contributed by atoms with van der Waals surface area (Å²) in [6, 6.07) is 5.61. The third-order valence-corrected chi connectivity index (χ3v) is 2.94. The molecule has 1 aromatic heterocycles. The molecule has 2 aromatic rings. The van der Waals surface area contributed by atoms with Crippen LogP contribution in [-0.2, 0) is 0 Å². The third-order valence-electron chi connectivity index (χ3n) is 2.94. The zero-order valence-corrected chi connectivity index (χ0v) is 12.7. The second-order valence-electron chi connectivity index (χ2n) is 5.09. The molecule has 1 aromatic carbocycles. The Labute approximate surface area is 123 Å². The van der Waals surface area contributed by atoms with Gasteiger partial charge >= 0.3 is 0 Å². The van der Waals surface area contributed by atoms with Crippen molar-refractivity contribution in [2.45, 2.75) is 33.6 Å². The predicted molar refractivity (Wildman–Crippen MR) is 80.8 cm³/mol. The van der Waals surface area contributed by atoms with Crippen molar-refractivity contribution >= 4 is 11.6 Å². The second-order valence-corrected chi connectivity index (χ2v) is 5.09. The van der Waals surface area contributed by atoms with Crippen LogP contribution in [-0.4, -0.2) is 27.7 Å². The predicted octanol–water partition coefficient (Wildman–Crippen LogP) is 2.89. The number of aromatic nitrogens is 3. The summed E-state index contributed by atoms with van der Waals surface area (Å²) in [5.41, 5.74) is 1.68. The molecule has 0 aliphatic rings. The topological polar surface area (TPSA) is 79.9 Å². The minimum atomic E-state index is -0.358. The summed E-state index contributed by atoms with van der Waals surface area (Å²) in [6.45, 7) is 8.37. The van der Waals surface area contributed by atoms with Crippen LogP contribution in [0.25, 0.3) is 0 Å². The van der Waals surface area contributed by atoms with Gasteiger partial charge in [0.1, 0.15) is 11.6 Å². The van der Waals surface area contributed by atoms with Crippen LogP contribution >= 0.6 is 0 Å². The van der Waals surface area contributed by atoms with Crippen LogP contribution in [0, 0.1) is 6.92 Å². The molecule has 1 heterocycles. The van der Waals surface area contributed by atoms with Crippen LogP contribution in [0.2, 0.25) is 0 Å². The maximum absolute atomic E-state index is 12.2. The first kappa shape index (κ1) is 15.0. The standard InChI is InChI=1S/C15H20N4O2/c1-5-21-12-8-10(4)6-7-11(12)16-15(20)14-17-13(9(2)3)18-19-14/h6-9H,5H2,1-4H3,(H,16,20)(H,17,18,19). The highest BCUT2D eigenvalue weighted by Gasteiger charge is 2.16. The molecular formula is C15H20N4O2. The highest BCUT2D eigenvalue weighted by atomic mass is 16.5. The van der Waals surface area contributed by atoms with Crippen LogP contribution in [0.15, 0.2) is 18.2 Å². The lowest BCUT2D eigenvalue weighted by Gasteiger charge is -2.11. The van der Waals surface area contributed by atoms with Crippen molar-refractivity contribution in [1.82, 2.24) is 15.2 Å². The Hall–Kier alpha value is -2.37. The van der Waals surface area contributed by atoms with Gasteiger partial charge in [0, 0.05) is 5.92 Å². The van der Waals surface area contributed by atoms with E-state index < -0.39 is 0 Å². The van der Waals surface area contributed by atoms with Gasteiger partial charge in [-0.3, -0.25) is 9.89 Å². The van der Waals surface area contributed by atoms with Gasteiger partial charge in [-0.05, 0) is 31.5 Å². The lowest BCUT2D eigenvalue weighted by Crippen LogP contribution is -2.15. The molecule has 6 nitrogen and oxygen atoms in total. The maximum atomic E-state index is 12.2. The molecule has 0 saturated carbocycles. The zero-order chi connectivity index (χ0) is 15.4. The average molecular weight is 288 g/mol. The van der Waals surface area contributed by atoms with Crippen molar-refractivity contribution in [1.29, 1.82) is 0 Å². The van der Waals surface area contributed by atoms with E-state index in [4.69, 9.17) is 4.74 Å². The molecular weight excluding hydrogens is 268 g/mol. The molecule has 112 valence electrons. The van der Waals surface area contributed by atoms with E-state index in [1.807, 2.05) is 45.9 Å². The van der Waals surface area contributed by atoms with Gasteiger partial charge in [0.2, 0.25) is 5.82 Å². The summed E-state index contributed by atoms with van der Waals surface area (Å²) >= 11 is 0. The quantitative estimate of drug-likeness (QED) is 0.886. The fourth-order valence-corrected chi connectivity index (χ4v) is 1.82. The van der Waals surface area contributed by atoms with E-state index in [9.17, 15) is 4.79 Å². The zero-order valence-electron chi connectivity index (χ0n) is 12.7. The van der Waals surface area contributed by atoms with Crippen LogP contribution in [0.4, 0.5) is 5.69 Å². The van der Waals surface area contributed by atoms with Crippen molar-refractivity contribution < 1.29 is 9.53 Å². The SMILES string of the molecule is CCOc1cc(C)ccc1NC(=O)c1n[nH]c(C(C)C)n1. The van der Waals surface area contributed by atoms with Crippen molar-refractivity contribution in [2.24, 2.45) is 0 Å². The third kappa shape index (κ3) is 3.59. The van der Waals surface area contributed by atoms with Gasteiger partial charge in [-0.1, -0.05) is 19.9 Å². The van der Waals surface area contributed by atoms with E-state index >= 15 is 0 Å². The highest BCUT2D eigenvalue weighted by molar-refractivity contribution is 6.02. The summed E-state index contributed by atoms with van der Waals surface area (Å²) in [4.78, 5) is 16.4. The number of amides is 1. The molecule has 21 heavy (non-hydrogen) atoms. The molecule has 2 rings (SSSR count). The van der Waals surface area contributed by atoms with Crippen LogP contribution in [0.1, 0.15) is 48.7 Å². The molecule has 0 bridgehead atoms. The molecule has 0 atom stereocenters. The Balaban J connectivity index is 2.18. The molecule has 0 saturated heterocycles. The van der Waals surface area contributed by atoms with Crippen molar-refractivity contribution in [3.05, 3.63) is 35.4 Å². The Morgan fingerprint density at radius 1 is 1.43 bits per heavy atom. The van der Waals surface area contributed by atoms with Crippen LogP contribution in [0.5, 0.6) is 5.75 Å². The van der Waals surface area contributed by atoms with E-state index in [1.165, 1.54) is 0 Å². The molecule has 2 N–H and O–H groups in total. The van der Waals surface area contributed by atoms with E-state index in [0.29, 0.717) is 23.9 Å². The molecule has 0 fully saturated rings. The number of carbonyl (C=O) groups excluding carboxylic acids is 1. The number of aromatic amines is 1. The van der Waals surface area contributed by atoms with Gasteiger partial charge in [0.05, 0.1) is 12.3 Å². The Bertz CT molecular complexity index is 634. The molecule has 0 unspecified atom stereocenters. The Morgan fingerprint density at radius 2 is 2.19 bits per heavy atom. The molecule has 0 radical (unpaired) electrons. The summed E-state index contributed by atoms with van der Waals surface area (Å²) < 4.78 is 5.53. The lowest BCUT2D eigenvalue weighted by molar-refractivity contribution is 0.101. The van der Waals surface area contributed by atoms with Gasteiger partial charge in [-0.15, -0.1) is 5.10 Å². The number of hydrogen-bond acceptors (Lipinski definition) is 4. The van der Waals surface area contributed by atoms with E-state index in [0.717, 1.165) is 5.56 Å². The minimum absolute atomic E-state index is 0.127. The Morgan fingerprint density at radius 3 is 2.81 bits per heavy atom. The minimum Gasteiger partial charge on any atom is -0.492 e. The van der Waals surface area contributed by atoms with Crippen molar-refractivity contribution in [3.8, 4) is 5.75 Å². The first-order valence-corrected chi connectivity index (χ1v) is 6.98. The number of carbonyl (C=O) groups is 1. The number of anilines is 1. The summed E-state index contributed by atoms with van der Waals surface area (Å²) in [6.07, 6.45) is 0. The van der Waals surface area contributed by atoms with Gasteiger partial charge in [0.25, 0.3) is 5.91 Å². The molecule has 6 heteroatoms. The number of nitrogens with one attached hydrogen (secondary N) is 2. The number of benzene rings is 1. The van der Waals surface area contributed by atoms with Crippen molar-refractivity contribution in [2.75, 3.05) is 11.9 Å². The smallest absolute Gasteiger partial charge is 0.295 e. The summed E-state index contributed by atoms with van der Waals surface area (Å²) in [5.74, 6) is 1.29. The van der Waals surface area contributed by atoms with E-state index in [1.54, 1.807) is 0 Å². The number of nitrogens with zero attached hydrogens (tertiary/aromatic N) is 2. The number of aryl methyl sites for hydroxylation is 1. The average Bonchev–Trinajstić information content (AvgIpc) is 2.92. The first-order chi connectivity index (χ1) is 10.0. The van der Waals surface area contributed by atoms with E-state index in [2.05, 4.69) is 20.5 Å². The number of H-pyrrole nitrogens is 1. The highest BCUT2D eigenvalue weighted by Crippen LogP contribution is 2.26. The van der Waals surface area contributed by atoms with Gasteiger partial charge in [-0.25, -0.2) is 4.98 Å². The number of ether oxygens (including phenoxy) is 1. The van der Waals surface area contributed by atoms with Gasteiger partial charge in [-0.2, -0.15) is 0 Å². The Kier molecular flexibility index (Phi) is 4.57. The molecule has 0 aliphatic heterocycles. The molecule has 1 amide bonds. The summed E-state index contributed by atoms with van der Waals surface area (Å²) in [5, 5.41) is 9.49. The second kappa shape index (κ2) is 6.39. The fraction of sp³-hybridized carbons (Fsp3) is 0.400. The van der Waals surface area contributed by atoms with Gasteiger partial charge in [0.15, 0.2) is 0 Å². The van der Waals surface area contributed by atoms with E-state index in [-0.39, 0.29) is 17.6 Å². The monoisotopic (exact) mass is 288 g/mol. The summed E-state index contributed by atoms with van der Waals surface area (Å²) in [7, 11) is 0. The lowest BCUT2D eigenvalue weighted by atomic mass is 10.2. The van der Waals surface area contributed by atoms with Crippen LogP contribution in [0.3, 0.4) is 0 Å². The largest absolute Gasteiger partial charge is 0.492 e. The van der Waals surface area contributed by atoms with Crippen molar-refractivity contribution in [3.63, 3.8) is 0 Å². The number of rotatable bonds is 5. The fourth-order valence-electron chi connectivity index (χ4n) is 1.82. The normalized spacial score (nSPS) is 10.7. The first-order valence-electron chi connectivity index (χ1n) is 6.98. The maximum Gasteiger partial charge on any atom is 0.295 e. The van der Waals surface area contributed by atoms with Crippen LogP contribution < -0.4 is 10.1 Å². The number of hydrogen-bond donors (Lipinski definition) is 2. The molecule has 0 aliphatic carbocycles.